The highest BCUT2D eigenvalue weighted by molar-refractivity contribution is 6.30. The van der Waals surface area contributed by atoms with E-state index in [1.54, 1.807) is 0 Å². The van der Waals surface area contributed by atoms with Crippen LogP contribution in [0.1, 0.15) is 18.4 Å². The summed E-state index contributed by atoms with van der Waals surface area (Å²) in [5, 5.41) is 9.92. The number of rotatable bonds is 4. The molecule has 18 heavy (non-hydrogen) atoms. The standard InChI is InChI=1S/C14H21ClN2O/c15-13-5-1-3-11(7-13)8-17-6-2-4-12(9-17)14(16)10-18/h1,3,5,7,12,14,18H,2,4,6,8-10,16H2. The van der Waals surface area contributed by atoms with Crippen LogP contribution in [-0.4, -0.2) is 35.7 Å². The number of nitrogens with two attached hydrogens (primary N) is 1. The number of aliphatic hydroxyl groups excluding tert-OH is 1. The van der Waals surface area contributed by atoms with Gasteiger partial charge in [0.25, 0.3) is 0 Å². The Hall–Kier alpha value is -0.610. The average Bonchev–Trinajstić information content (AvgIpc) is 2.38. The molecule has 0 radical (unpaired) electrons. The van der Waals surface area contributed by atoms with Gasteiger partial charge in [-0.3, -0.25) is 4.90 Å². The van der Waals surface area contributed by atoms with Crippen LogP contribution in [0.2, 0.25) is 5.02 Å². The second-order valence-corrected chi connectivity index (χ2v) is 5.55. The second kappa shape index (κ2) is 6.53. The minimum Gasteiger partial charge on any atom is -0.395 e. The molecule has 2 rings (SSSR count). The number of nitrogens with zero attached hydrogens (tertiary/aromatic N) is 1. The van der Waals surface area contributed by atoms with Crippen molar-refractivity contribution in [3.63, 3.8) is 0 Å². The van der Waals surface area contributed by atoms with Crippen LogP contribution in [0.15, 0.2) is 24.3 Å². The molecule has 0 aromatic heterocycles. The van der Waals surface area contributed by atoms with Crippen LogP contribution in [0, 0.1) is 5.92 Å². The lowest BCUT2D eigenvalue weighted by Gasteiger charge is -2.35. The van der Waals surface area contributed by atoms with Gasteiger partial charge in [-0.1, -0.05) is 23.7 Å². The first-order chi connectivity index (χ1) is 8.69. The number of benzene rings is 1. The van der Waals surface area contributed by atoms with Crippen LogP contribution in [0.25, 0.3) is 0 Å². The van der Waals surface area contributed by atoms with Gasteiger partial charge in [0.2, 0.25) is 0 Å². The molecule has 100 valence electrons. The van der Waals surface area contributed by atoms with E-state index in [0.29, 0.717) is 5.92 Å². The molecule has 0 spiro atoms. The van der Waals surface area contributed by atoms with Gasteiger partial charge in [-0.05, 0) is 43.0 Å². The Balaban J connectivity index is 1.93. The fraction of sp³-hybridized carbons (Fsp3) is 0.571. The zero-order valence-corrected chi connectivity index (χ0v) is 11.3. The molecule has 1 fully saturated rings. The van der Waals surface area contributed by atoms with Gasteiger partial charge in [0.1, 0.15) is 0 Å². The summed E-state index contributed by atoms with van der Waals surface area (Å²) in [4.78, 5) is 2.40. The van der Waals surface area contributed by atoms with Crippen molar-refractivity contribution in [1.82, 2.24) is 4.90 Å². The van der Waals surface area contributed by atoms with Gasteiger partial charge >= 0.3 is 0 Å². The lowest BCUT2D eigenvalue weighted by Crippen LogP contribution is -2.44. The molecule has 3 nitrogen and oxygen atoms in total. The molecule has 1 aliphatic heterocycles. The third kappa shape index (κ3) is 3.69. The summed E-state index contributed by atoms with van der Waals surface area (Å²) in [6.07, 6.45) is 2.27. The molecular weight excluding hydrogens is 248 g/mol. The van der Waals surface area contributed by atoms with Crippen LogP contribution in [0.3, 0.4) is 0 Å². The van der Waals surface area contributed by atoms with Crippen molar-refractivity contribution in [2.45, 2.75) is 25.4 Å². The first kappa shape index (κ1) is 13.8. The fourth-order valence-corrected chi connectivity index (χ4v) is 2.84. The lowest BCUT2D eigenvalue weighted by molar-refractivity contribution is 0.125. The molecule has 0 saturated carbocycles. The SMILES string of the molecule is NC(CO)C1CCCN(Cc2cccc(Cl)c2)C1. The van der Waals surface area contributed by atoms with Crippen molar-refractivity contribution in [1.29, 1.82) is 0 Å². The summed E-state index contributed by atoms with van der Waals surface area (Å²) in [5.74, 6) is 0.405. The molecule has 4 heteroatoms. The van der Waals surface area contributed by atoms with Gasteiger partial charge < -0.3 is 10.8 Å². The van der Waals surface area contributed by atoms with Crippen molar-refractivity contribution >= 4 is 11.6 Å². The van der Waals surface area contributed by atoms with E-state index in [1.807, 2.05) is 18.2 Å². The number of halogens is 1. The zero-order valence-electron chi connectivity index (χ0n) is 10.6. The Kier molecular flexibility index (Phi) is 5.01. The smallest absolute Gasteiger partial charge is 0.0585 e. The summed E-state index contributed by atoms with van der Waals surface area (Å²) >= 11 is 5.99. The third-order valence-electron chi connectivity index (χ3n) is 3.65. The molecule has 2 unspecified atom stereocenters. The second-order valence-electron chi connectivity index (χ2n) is 5.11. The van der Waals surface area contributed by atoms with E-state index < -0.39 is 0 Å². The molecular formula is C14H21ClN2O. The maximum atomic E-state index is 9.14. The molecule has 0 amide bonds. The first-order valence-corrected chi connectivity index (χ1v) is 6.90. The topological polar surface area (TPSA) is 49.5 Å². The van der Waals surface area contributed by atoms with Crippen LogP contribution >= 0.6 is 11.6 Å². The Labute approximate surface area is 114 Å². The van der Waals surface area contributed by atoms with E-state index in [0.717, 1.165) is 37.5 Å². The summed E-state index contributed by atoms with van der Waals surface area (Å²) < 4.78 is 0. The van der Waals surface area contributed by atoms with E-state index in [2.05, 4.69) is 11.0 Å². The fourth-order valence-electron chi connectivity index (χ4n) is 2.63. The highest BCUT2D eigenvalue weighted by atomic mass is 35.5. The Bertz CT molecular complexity index is 386. The van der Waals surface area contributed by atoms with Crippen molar-refractivity contribution in [3.8, 4) is 0 Å². The summed E-state index contributed by atoms with van der Waals surface area (Å²) in [5.41, 5.74) is 7.17. The monoisotopic (exact) mass is 268 g/mol. The Morgan fingerprint density at radius 1 is 1.50 bits per heavy atom. The van der Waals surface area contributed by atoms with Crippen LogP contribution in [-0.2, 0) is 6.54 Å². The van der Waals surface area contributed by atoms with Crippen molar-refractivity contribution in [2.75, 3.05) is 19.7 Å². The Morgan fingerprint density at radius 3 is 3.06 bits per heavy atom. The van der Waals surface area contributed by atoms with Crippen LogP contribution in [0.4, 0.5) is 0 Å². The van der Waals surface area contributed by atoms with Gasteiger partial charge in [-0.15, -0.1) is 0 Å². The maximum Gasteiger partial charge on any atom is 0.0585 e. The van der Waals surface area contributed by atoms with Crippen molar-refractivity contribution in [3.05, 3.63) is 34.9 Å². The summed E-state index contributed by atoms with van der Waals surface area (Å²) in [6.45, 7) is 3.06. The molecule has 3 N–H and O–H groups in total. The van der Waals surface area contributed by atoms with E-state index in [4.69, 9.17) is 22.4 Å². The predicted octanol–water partition coefficient (Wildman–Crippen LogP) is 1.87. The maximum absolute atomic E-state index is 9.14. The predicted molar refractivity (Wildman–Crippen MR) is 74.5 cm³/mol. The molecule has 2 atom stereocenters. The van der Waals surface area contributed by atoms with E-state index in [9.17, 15) is 0 Å². The normalized spacial score (nSPS) is 22.9. The zero-order chi connectivity index (χ0) is 13.0. The first-order valence-electron chi connectivity index (χ1n) is 6.52. The van der Waals surface area contributed by atoms with Gasteiger partial charge in [0.05, 0.1) is 6.61 Å². The molecule has 1 saturated heterocycles. The highest BCUT2D eigenvalue weighted by Gasteiger charge is 2.24. The van der Waals surface area contributed by atoms with Gasteiger partial charge in [0, 0.05) is 24.2 Å². The average molecular weight is 269 g/mol. The van der Waals surface area contributed by atoms with Gasteiger partial charge in [0.15, 0.2) is 0 Å². The quantitative estimate of drug-likeness (QED) is 0.877. The van der Waals surface area contributed by atoms with Crippen molar-refractivity contribution < 1.29 is 5.11 Å². The molecule has 1 aliphatic rings. The number of hydrogen-bond donors (Lipinski definition) is 2. The molecule has 1 heterocycles. The molecule has 0 bridgehead atoms. The highest BCUT2D eigenvalue weighted by Crippen LogP contribution is 2.21. The molecule has 1 aromatic carbocycles. The number of piperidine rings is 1. The number of hydrogen-bond acceptors (Lipinski definition) is 3. The number of likely N-dealkylation sites (tertiary alicyclic amines) is 1. The van der Waals surface area contributed by atoms with E-state index in [-0.39, 0.29) is 12.6 Å². The van der Waals surface area contributed by atoms with Crippen LogP contribution < -0.4 is 5.73 Å². The summed E-state index contributed by atoms with van der Waals surface area (Å²) in [7, 11) is 0. The van der Waals surface area contributed by atoms with E-state index in [1.165, 1.54) is 5.56 Å². The minimum atomic E-state index is -0.0906. The van der Waals surface area contributed by atoms with E-state index >= 15 is 0 Å². The molecule has 1 aromatic rings. The minimum absolute atomic E-state index is 0.0790. The van der Waals surface area contributed by atoms with Crippen molar-refractivity contribution in [2.24, 2.45) is 11.7 Å². The molecule has 0 aliphatic carbocycles. The van der Waals surface area contributed by atoms with Gasteiger partial charge in [-0.25, -0.2) is 0 Å². The van der Waals surface area contributed by atoms with Crippen LogP contribution in [0.5, 0.6) is 0 Å². The Morgan fingerprint density at radius 2 is 2.33 bits per heavy atom. The lowest BCUT2D eigenvalue weighted by atomic mass is 9.91. The third-order valence-corrected chi connectivity index (χ3v) is 3.89. The number of aliphatic hydroxyl groups is 1. The summed E-state index contributed by atoms with van der Waals surface area (Å²) in [6, 6.07) is 7.90. The largest absolute Gasteiger partial charge is 0.395 e. The van der Waals surface area contributed by atoms with Gasteiger partial charge in [-0.2, -0.15) is 0 Å².